The smallest absolute Gasteiger partial charge is 0.336 e. The molecule has 2 rings (SSSR count). The third-order valence-electron chi connectivity index (χ3n) is 3.04. The molecule has 0 saturated carbocycles. The van der Waals surface area contributed by atoms with E-state index in [1.54, 1.807) is 24.3 Å². The number of carbonyl (C=O) groups is 3. The summed E-state index contributed by atoms with van der Waals surface area (Å²) in [6.07, 6.45) is 0. The van der Waals surface area contributed by atoms with Gasteiger partial charge in [-0.3, -0.25) is 4.79 Å². The van der Waals surface area contributed by atoms with E-state index in [1.807, 2.05) is 0 Å². The van der Waals surface area contributed by atoms with Crippen molar-refractivity contribution in [3.63, 3.8) is 0 Å². The Balaban J connectivity index is 2.42. The van der Waals surface area contributed by atoms with E-state index in [4.69, 9.17) is 14.9 Å². The summed E-state index contributed by atoms with van der Waals surface area (Å²) in [5, 5.41) is 20.6. The highest BCUT2D eigenvalue weighted by molar-refractivity contribution is 6.02. The lowest BCUT2D eigenvalue weighted by atomic mass is 10.1. The van der Waals surface area contributed by atoms with Crippen LogP contribution in [0.15, 0.2) is 42.5 Å². The lowest BCUT2D eigenvalue weighted by Gasteiger charge is -2.11. The summed E-state index contributed by atoms with van der Waals surface area (Å²) in [5.41, 5.74) is -0.467. The molecule has 0 fully saturated rings. The number of carboxylic acid groups (broad SMARTS) is 2. The van der Waals surface area contributed by atoms with Gasteiger partial charge in [-0.05, 0) is 30.3 Å². The third kappa shape index (κ3) is 3.46. The minimum atomic E-state index is -1.38. The van der Waals surface area contributed by atoms with Crippen LogP contribution >= 0.6 is 0 Å². The van der Waals surface area contributed by atoms with Crippen LogP contribution in [0.5, 0.6) is 11.5 Å². The van der Waals surface area contributed by atoms with Crippen molar-refractivity contribution in [1.29, 1.82) is 0 Å². The molecule has 0 spiro atoms. The highest BCUT2D eigenvalue weighted by Crippen LogP contribution is 2.27. The number of benzene rings is 2. The van der Waals surface area contributed by atoms with Gasteiger partial charge in [-0.2, -0.15) is 0 Å². The summed E-state index contributed by atoms with van der Waals surface area (Å²) in [5.74, 6) is -2.75. The van der Waals surface area contributed by atoms with E-state index in [0.717, 1.165) is 12.1 Å². The molecule has 0 bridgehead atoms. The van der Waals surface area contributed by atoms with Gasteiger partial charge in [0.05, 0.1) is 16.7 Å². The molecule has 0 aliphatic heterocycles. The minimum absolute atomic E-state index is 0.115. The number of para-hydroxylation sites is 1. The second kappa shape index (κ2) is 6.61. The van der Waals surface area contributed by atoms with E-state index in [1.165, 1.54) is 13.1 Å². The molecule has 23 heavy (non-hydrogen) atoms. The molecule has 0 aromatic heterocycles. The van der Waals surface area contributed by atoms with Gasteiger partial charge in [0.2, 0.25) is 0 Å². The zero-order valence-corrected chi connectivity index (χ0v) is 12.1. The van der Waals surface area contributed by atoms with Crippen molar-refractivity contribution in [3.8, 4) is 11.5 Å². The Morgan fingerprint density at radius 1 is 0.913 bits per heavy atom. The summed E-state index contributed by atoms with van der Waals surface area (Å²) >= 11 is 0. The first-order valence-electron chi connectivity index (χ1n) is 6.53. The fourth-order valence-corrected chi connectivity index (χ4v) is 1.96. The number of ether oxygens (including phenoxy) is 1. The van der Waals surface area contributed by atoms with E-state index in [2.05, 4.69) is 5.32 Å². The van der Waals surface area contributed by atoms with Crippen molar-refractivity contribution in [2.45, 2.75) is 0 Å². The fourth-order valence-electron chi connectivity index (χ4n) is 1.96. The molecule has 0 saturated heterocycles. The fraction of sp³-hybridized carbons (Fsp3) is 0.0625. The van der Waals surface area contributed by atoms with Crippen LogP contribution < -0.4 is 10.1 Å². The summed E-state index contributed by atoms with van der Waals surface area (Å²) < 4.78 is 5.54. The summed E-state index contributed by atoms with van der Waals surface area (Å²) in [6.45, 7) is 0. The minimum Gasteiger partial charge on any atom is -0.478 e. The van der Waals surface area contributed by atoms with E-state index in [-0.39, 0.29) is 28.5 Å². The number of aromatic carboxylic acids is 2. The molecule has 7 nitrogen and oxygen atoms in total. The average molecular weight is 315 g/mol. The number of hydrogen-bond donors (Lipinski definition) is 3. The number of hydrogen-bond acceptors (Lipinski definition) is 4. The van der Waals surface area contributed by atoms with Crippen molar-refractivity contribution >= 4 is 17.8 Å². The third-order valence-corrected chi connectivity index (χ3v) is 3.04. The van der Waals surface area contributed by atoms with Crippen LogP contribution in [-0.2, 0) is 0 Å². The summed E-state index contributed by atoms with van der Waals surface area (Å²) in [6, 6.07) is 10.00. The first-order chi connectivity index (χ1) is 10.9. The van der Waals surface area contributed by atoms with Gasteiger partial charge in [-0.25, -0.2) is 9.59 Å². The first kappa shape index (κ1) is 16.0. The molecule has 0 heterocycles. The second-order valence-corrected chi connectivity index (χ2v) is 4.50. The summed E-state index contributed by atoms with van der Waals surface area (Å²) in [7, 11) is 1.48. The van der Waals surface area contributed by atoms with Gasteiger partial charge in [-0.15, -0.1) is 0 Å². The van der Waals surface area contributed by atoms with Crippen LogP contribution in [0.4, 0.5) is 0 Å². The van der Waals surface area contributed by atoms with Crippen LogP contribution in [0.2, 0.25) is 0 Å². The van der Waals surface area contributed by atoms with E-state index in [9.17, 15) is 14.4 Å². The Hall–Kier alpha value is -3.35. The SMILES string of the molecule is CNC(=O)c1ccccc1Oc1ccc(C(=O)O)c(C(=O)O)c1. The van der Waals surface area contributed by atoms with Crippen molar-refractivity contribution < 1.29 is 29.3 Å². The van der Waals surface area contributed by atoms with E-state index < -0.39 is 17.5 Å². The molecule has 0 radical (unpaired) electrons. The molecular weight excluding hydrogens is 302 g/mol. The van der Waals surface area contributed by atoms with Gasteiger partial charge in [0.25, 0.3) is 5.91 Å². The van der Waals surface area contributed by atoms with Crippen LogP contribution in [0.25, 0.3) is 0 Å². The van der Waals surface area contributed by atoms with Crippen molar-refractivity contribution in [1.82, 2.24) is 5.32 Å². The number of carboxylic acids is 2. The molecule has 7 heteroatoms. The highest BCUT2D eigenvalue weighted by Gasteiger charge is 2.18. The molecule has 0 aliphatic rings. The molecule has 2 aromatic rings. The van der Waals surface area contributed by atoms with Gasteiger partial charge >= 0.3 is 11.9 Å². The Labute approximate surface area is 131 Å². The molecule has 118 valence electrons. The van der Waals surface area contributed by atoms with Crippen LogP contribution in [0.3, 0.4) is 0 Å². The number of amides is 1. The van der Waals surface area contributed by atoms with Crippen LogP contribution in [0.1, 0.15) is 31.1 Å². The van der Waals surface area contributed by atoms with Crippen LogP contribution in [0, 0.1) is 0 Å². The number of rotatable bonds is 5. The normalized spacial score (nSPS) is 9.96. The lowest BCUT2D eigenvalue weighted by molar-refractivity contribution is 0.0651. The Morgan fingerprint density at radius 2 is 1.57 bits per heavy atom. The van der Waals surface area contributed by atoms with Crippen molar-refractivity contribution in [2.75, 3.05) is 7.05 Å². The monoisotopic (exact) mass is 315 g/mol. The predicted octanol–water partition coefficient (Wildman–Crippen LogP) is 2.23. The maximum absolute atomic E-state index is 11.8. The molecule has 0 aliphatic carbocycles. The van der Waals surface area contributed by atoms with Crippen LogP contribution in [-0.4, -0.2) is 35.1 Å². The first-order valence-corrected chi connectivity index (χ1v) is 6.53. The zero-order chi connectivity index (χ0) is 17.0. The Bertz CT molecular complexity index is 784. The second-order valence-electron chi connectivity index (χ2n) is 4.50. The number of nitrogens with one attached hydrogen (secondary N) is 1. The zero-order valence-electron chi connectivity index (χ0n) is 12.1. The highest BCUT2D eigenvalue weighted by atomic mass is 16.5. The lowest BCUT2D eigenvalue weighted by Crippen LogP contribution is -2.18. The van der Waals surface area contributed by atoms with Gasteiger partial charge in [0.1, 0.15) is 11.5 Å². The van der Waals surface area contributed by atoms with E-state index in [0.29, 0.717) is 0 Å². The topological polar surface area (TPSA) is 113 Å². The van der Waals surface area contributed by atoms with Gasteiger partial charge in [0.15, 0.2) is 0 Å². The van der Waals surface area contributed by atoms with Gasteiger partial charge < -0.3 is 20.3 Å². The maximum atomic E-state index is 11.8. The molecule has 1 amide bonds. The molecule has 0 atom stereocenters. The Kier molecular flexibility index (Phi) is 4.61. The van der Waals surface area contributed by atoms with Gasteiger partial charge in [0, 0.05) is 7.05 Å². The molecule has 0 unspecified atom stereocenters. The predicted molar refractivity (Wildman–Crippen MR) is 80.3 cm³/mol. The number of carbonyl (C=O) groups excluding carboxylic acids is 1. The quantitative estimate of drug-likeness (QED) is 0.780. The standard InChI is InChI=1S/C16H13NO6/c1-17-14(18)11-4-2-3-5-13(11)23-9-6-7-10(15(19)20)12(8-9)16(21)22/h2-8H,1H3,(H,17,18)(H,19,20)(H,21,22). The Morgan fingerprint density at radius 3 is 2.17 bits per heavy atom. The molecular formula is C16H13NO6. The molecule has 2 aromatic carbocycles. The average Bonchev–Trinajstić information content (AvgIpc) is 2.54. The van der Waals surface area contributed by atoms with Crippen molar-refractivity contribution in [3.05, 3.63) is 59.2 Å². The van der Waals surface area contributed by atoms with E-state index >= 15 is 0 Å². The summed E-state index contributed by atoms with van der Waals surface area (Å²) in [4.78, 5) is 34.0. The molecule has 3 N–H and O–H groups in total. The maximum Gasteiger partial charge on any atom is 0.336 e. The van der Waals surface area contributed by atoms with Gasteiger partial charge in [-0.1, -0.05) is 12.1 Å². The van der Waals surface area contributed by atoms with Crippen molar-refractivity contribution in [2.24, 2.45) is 0 Å². The largest absolute Gasteiger partial charge is 0.478 e.